The SMILES string of the molecule is Cc1ccc(C(=O)O)c(-c2ccccc2)c1Oc1c(C)ccc(C(=O)O)c1-c1ccccc1. The molecular formula is C28H22O5. The van der Waals surface area contributed by atoms with Crippen molar-refractivity contribution in [2.75, 3.05) is 0 Å². The number of hydrogen-bond donors (Lipinski definition) is 2. The van der Waals surface area contributed by atoms with Crippen LogP contribution in [0.1, 0.15) is 31.8 Å². The fourth-order valence-electron chi connectivity index (χ4n) is 3.88. The van der Waals surface area contributed by atoms with Gasteiger partial charge < -0.3 is 14.9 Å². The maximum atomic E-state index is 12.1. The summed E-state index contributed by atoms with van der Waals surface area (Å²) >= 11 is 0. The van der Waals surface area contributed by atoms with E-state index in [1.165, 1.54) is 0 Å². The molecule has 0 unspecified atom stereocenters. The van der Waals surface area contributed by atoms with Gasteiger partial charge in [-0.1, -0.05) is 72.8 Å². The van der Waals surface area contributed by atoms with Crippen LogP contribution in [-0.4, -0.2) is 22.2 Å². The number of carboxylic acids is 2. The van der Waals surface area contributed by atoms with Crippen molar-refractivity contribution in [3.8, 4) is 33.8 Å². The number of carboxylic acid groups (broad SMARTS) is 2. The standard InChI is InChI=1S/C28H22O5/c1-17-13-15-21(27(29)30)23(19-9-5-3-6-10-19)25(17)33-26-18(2)14-16-22(28(31)32)24(26)20-11-7-4-8-12-20/h3-16H,1-2H3,(H,29,30)(H,31,32). The highest BCUT2D eigenvalue weighted by Crippen LogP contribution is 2.44. The molecule has 0 saturated carbocycles. The lowest BCUT2D eigenvalue weighted by Gasteiger charge is -2.21. The molecule has 0 aliphatic heterocycles. The van der Waals surface area contributed by atoms with E-state index in [-0.39, 0.29) is 11.1 Å². The average molecular weight is 438 g/mol. The van der Waals surface area contributed by atoms with Crippen molar-refractivity contribution in [1.82, 2.24) is 0 Å². The summed E-state index contributed by atoms with van der Waals surface area (Å²) in [7, 11) is 0. The number of benzene rings is 4. The van der Waals surface area contributed by atoms with Crippen LogP contribution in [0.3, 0.4) is 0 Å². The Hall–Kier alpha value is -4.38. The Labute approximate surface area is 191 Å². The van der Waals surface area contributed by atoms with Gasteiger partial charge in [0.05, 0.1) is 11.1 Å². The number of aromatic carboxylic acids is 2. The van der Waals surface area contributed by atoms with Gasteiger partial charge in [0.15, 0.2) is 0 Å². The highest BCUT2D eigenvalue weighted by molar-refractivity contribution is 6.00. The second-order valence-electron chi connectivity index (χ2n) is 7.71. The quantitative estimate of drug-likeness (QED) is 0.345. The number of rotatable bonds is 6. The average Bonchev–Trinajstić information content (AvgIpc) is 2.81. The first-order valence-corrected chi connectivity index (χ1v) is 10.4. The normalized spacial score (nSPS) is 10.6. The van der Waals surface area contributed by atoms with Crippen molar-refractivity contribution in [1.29, 1.82) is 0 Å². The van der Waals surface area contributed by atoms with Crippen LogP contribution in [0.25, 0.3) is 22.3 Å². The van der Waals surface area contributed by atoms with Crippen molar-refractivity contribution < 1.29 is 24.5 Å². The summed E-state index contributed by atoms with van der Waals surface area (Å²) in [6.07, 6.45) is 0. The van der Waals surface area contributed by atoms with Gasteiger partial charge >= 0.3 is 11.9 Å². The number of carbonyl (C=O) groups is 2. The summed E-state index contributed by atoms with van der Waals surface area (Å²) in [6.45, 7) is 3.68. The Balaban J connectivity index is 2.02. The lowest BCUT2D eigenvalue weighted by Crippen LogP contribution is -2.06. The Morgan fingerprint density at radius 1 is 0.576 bits per heavy atom. The topological polar surface area (TPSA) is 83.8 Å². The molecule has 0 aromatic heterocycles. The van der Waals surface area contributed by atoms with Gasteiger partial charge in [0, 0.05) is 11.1 Å². The third-order valence-electron chi connectivity index (χ3n) is 5.50. The van der Waals surface area contributed by atoms with E-state index in [0.717, 1.165) is 11.1 Å². The third-order valence-corrected chi connectivity index (χ3v) is 5.50. The second-order valence-corrected chi connectivity index (χ2v) is 7.71. The summed E-state index contributed by atoms with van der Waals surface area (Å²) in [5, 5.41) is 19.8. The van der Waals surface area contributed by atoms with Crippen molar-refractivity contribution in [2.24, 2.45) is 0 Å². The first kappa shape index (κ1) is 21.8. The fourth-order valence-corrected chi connectivity index (χ4v) is 3.88. The van der Waals surface area contributed by atoms with Gasteiger partial charge in [-0.3, -0.25) is 0 Å². The molecule has 164 valence electrons. The Bertz CT molecular complexity index is 1240. The molecular weight excluding hydrogens is 416 g/mol. The summed E-state index contributed by atoms with van der Waals surface area (Å²) in [6, 6.07) is 24.9. The predicted molar refractivity (Wildman–Crippen MR) is 127 cm³/mol. The summed E-state index contributed by atoms with van der Waals surface area (Å²) in [5.74, 6) is -1.39. The Morgan fingerprint density at radius 3 is 1.27 bits per heavy atom. The van der Waals surface area contributed by atoms with Gasteiger partial charge in [-0.2, -0.15) is 0 Å². The van der Waals surface area contributed by atoms with E-state index in [1.54, 1.807) is 24.3 Å². The molecule has 4 aromatic carbocycles. The minimum Gasteiger partial charge on any atom is -0.478 e. The lowest BCUT2D eigenvalue weighted by atomic mass is 9.94. The smallest absolute Gasteiger partial charge is 0.336 e. The van der Waals surface area contributed by atoms with Crippen LogP contribution >= 0.6 is 0 Å². The predicted octanol–water partition coefficient (Wildman–Crippen LogP) is 6.83. The fraction of sp³-hybridized carbons (Fsp3) is 0.0714. The molecule has 5 heteroatoms. The van der Waals surface area contributed by atoms with E-state index in [4.69, 9.17) is 4.74 Å². The zero-order valence-electron chi connectivity index (χ0n) is 18.2. The molecule has 0 amide bonds. The lowest BCUT2D eigenvalue weighted by molar-refractivity contribution is 0.0687. The molecule has 0 heterocycles. The summed E-state index contributed by atoms with van der Waals surface area (Å²) in [5.41, 5.74) is 3.97. The molecule has 0 spiro atoms. The molecule has 0 saturated heterocycles. The van der Waals surface area contributed by atoms with Gasteiger partial charge in [0.2, 0.25) is 0 Å². The van der Waals surface area contributed by atoms with Crippen LogP contribution in [0.4, 0.5) is 0 Å². The Morgan fingerprint density at radius 2 is 0.939 bits per heavy atom. The maximum Gasteiger partial charge on any atom is 0.336 e. The third kappa shape index (κ3) is 4.21. The molecule has 5 nitrogen and oxygen atoms in total. The van der Waals surface area contributed by atoms with Crippen LogP contribution in [-0.2, 0) is 0 Å². The molecule has 2 N–H and O–H groups in total. The molecule has 0 bridgehead atoms. The Kier molecular flexibility index (Phi) is 5.96. The molecule has 4 rings (SSSR count). The monoisotopic (exact) mass is 438 g/mol. The van der Waals surface area contributed by atoms with Gasteiger partial charge in [-0.25, -0.2) is 9.59 Å². The van der Waals surface area contributed by atoms with E-state index in [2.05, 4.69) is 0 Å². The van der Waals surface area contributed by atoms with Crippen LogP contribution in [0.15, 0.2) is 84.9 Å². The summed E-state index contributed by atoms with van der Waals surface area (Å²) < 4.78 is 6.47. The van der Waals surface area contributed by atoms with E-state index < -0.39 is 11.9 Å². The van der Waals surface area contributed by atoms with Gasteiger partial charge in [-0.05, 0) is 48.2 Å². The molecule has 0 aliphatic carbocycles. The maximum absolute atomic E-state index is 12.1. The van der Waals surface area contributed by atoms with Crippen LogP contribution in [0, 0.1) is 13.8 Å². The minimum absolute atomic E-state index is 0.107. The number of ether oxygens (including phenoxy) is 1. The van der Waals surface area contributed by atoms with Gasteiger partial charge in [0.1, 0.15) is 11.5 Å². The highest BCUT2D eigenvalue weighted by atomic mass is 16.5. The first-order valence-electron chi connectivity index (χ1n) is 10.4. The zero-order valence-corrected chi connectivity index (χ0v) is 18.2. The van der Waals surface area contributed by atoms with Crippen LogP contribution < -0.4 is 4.74 Å². The van der Waals surface area contributed by atoms with Crippen molar-refractivity contribution in [2.45, 2.75) is 13.8 Å². The zero-order chi connectivity index (χ0) is 23.5. The largest absolute Gasteiger partial charge is 0.478 e. The molecule has 0 atom stereocenters. The van der Waals surface area contributed by atoms with Gasteiger partial charge in [-0.15, -0.1) is 0 Å². The highest BCUT2D eigenvalue weighted by Gasteiger charge is 2.24. The van der Waals surface area contributed by atoms with E-state index in [9.17, 15) is 19.8 Å². The van der Waals surface area contributed by atoms with E-state index in [0.29, 0.717) is 33.8 Å². The number of hydrogen-bond acceptors (Lipinski definition) is 3. The van der Waals surface area contributed by atoms with Crippen molar-refractivity contribution in [3.63, 3.8) is 0 Å². The minimum atomic E-state index is -1.07. The molecule has 0 fully saturated rings. The molecule has 0 aliphatic rings. The van der Waals surface area contributed by atoms with Crippen LogP contribution in [0.2, 0.25) is 0 Å². The summed E-state index contributed by atoms with van der Waals surface area (Å²) in [4.78, 5) is 24.2. The van der Waals surface area contributed by atoms with Crippen molar-refractivity contribution in [3.05, 3.63) is 107 Å². The van der Waals surface area contributed by atoms with E-state index >= 15 is 0 Å². The number of aryl methyl sites for hydroxylation is 2. The van der Waals surface area contributed by atoms with Gasteiger partial charge in [0.25, 0.3) is 0 Å². The van der Waals surface area contributed by atoms with Crippen LogP contribution in [0.5, 0.6) is 11.5 Å². The first-order chi connectivity index (χ1) is 15.9. The second kappa shape index (κ2) is 9.01. The molecule has 4 aromatic rings. The molecule has 0 radical (unpaired) electrons. The van der Waals surface area contributed by atoms with Crippen molar-refractivity contribution >= 4 is 11.9 Å². The van der Waals surface area contributed by atoms with E-state index in [1.807, 2.05) is 74.5 Å². The molecule has 33 heavy (non-hydrogen) atoms.